The van der Waals surface area contributed by atoms with E-state index in [1.165, 1.54) is 0 Å². The molecule has 0 aliphatic carbocycles. The van der Waals surface area contributed by atoms with Crippen LogP contribution in [0.2, 0.25) is 0 Å². The van der Waals surface area contributed by atoms with Gasteiger partial charge in [0.15, 0.2) is 0 Å². The van der Waals surface area contributed by atoms with E-state index < -0.39 is 0 Å². The lowest BCUT2D eigenvalue weighted by Gasteiger charge is -2.22. The number of carbonyl (C=O) groups excluding carboxylic acids is 2. The number of aryl methyl sites for hydroxylation is 1. The number of halogens is 1. The first-order valence-electron chi connectivity index (χ1n) is 6.82. The standard InChI is InChI=1S/C15H19BrN2O2/c1-10-5-6-13(16)12(8-10)15(20)17-11(2)9-18-7-3-4-14(18)19/h5-6,8,11H,3-4,7,9H2,1-2H3,(H,17,20). The summed E-state index contributed by atoms with van der Waals surface area (Å²) < 4.78 is 0.782. The molecular formula is C15H19BrN2O2. The zero-order valence-electron chi connectivity index (χ0n) is 11.8. The zero-order chi connectivity index (χ0) is 14.7. The van der Waals surface area contributed by atoms with Crippen LogP contribution in [0.1, 0.15) is 35.7 Å². The second-order valence-electron chi connectivity index (χ2n) is 5.30. The number of hydrogen-bond donors (Lipinski definition) is 1. The summed E-state index contributed by atoms with van der Waals surface area (Å²) in [7, 11) is 0. The molecule has 1 aliphatic heterocycles. The van der Waals surface area contributed by atoms with Crippen LogP contribution in [0.25, 0.3) is 0 Å². The molecule has 0 aromatic heterocycles. The van der Waals surface area contributed by atoms with Crippen LogP contribution in [-0.4, -0.2) is 35.8 Å². The summed E-state index contributed by atoms with van der Waals surface area (Å²) in [6, 6.07) is 5.62. The summed E-state index contributed by atoms with van der Waals surface area (Å²) in [6.45, 7) is 5.25. The van der Waals surface area contributed by atoms with Crippen LogP contribution in [0.4, 0.5) is 0 Å². The van der Waals surface area contributed by atoms with Crippen LogP contribution in [-0.2, 0) is 4.79 Å². The van der Waals surface area contributed by atoms with E-state index in [1.807, 2.05) is 36.9 Å². The second-order valence-corrected chi connectivity index (χ2v) is 6.16. The fourth-order valence-corrected chi connectivity index (χ4v) is 2.81. The van der Waals surface area contributed by atoms with Crippen molar-refractivity contribution in [1.82, 2.24) is 10.2 Å². The maximum absolute atomic E-state index is 12.2. The number of hydrogen-bond acceptors (Lipinski definition) is 2. The number of rotatable bonds is 4. The molecular weight excluding hydrogens is 320 g/mol. The van der Waals surface area contributed by atoms with Crippen LogP contribution in [0.15, 0.2) is 22.7 Å². The Morgan fingerprint density at radius 1 is 1.50 bits per heavy atom. The summed E-state index contributed by atoms with van der Waals surface area (Å²) in [5.41, 5.74) is 1.67. The first-order valence-corrected chi connectivity index (χ1v) is 7.61. The summed E-state index contributed by atoms with van der Waals surface area (Å²) in [4.78, 5) is 25.6. The van der Waals surface area contributed by atoms with Crippen molar-refractivity contribution in [3.05, 3.63) is 33.8 Å². The molecule has 1 aromatic carbocycles. The number of benzene rings is 1. The van der Waals surface area contributed by atoms with E-state index in [0.717, 1.165) is 23.0 Å². The van der Waals surface area contributed by atoms with Crippen molar-refractivity contribution >= 4 is 27.7 Å². The molecule has 2 rings (SSSR count). The van der Waals surface area contributed by atoms with Crippen LogP contribution in [0.5, 0.6) is 0 Å². The Balaban J connectivity index is 1.96. The molecule has 2 amide bonds. The van der Waals surface area contributed by atoms with Crippen molar-refractivity contribution in [2.45, 2.75) is 32.7 Å². The Morgan fingerprint density at radius 2 is 2.25 bits per heavy atom. The Labute approximate surface area is 127 Å². The van der Waals surface area contributed by atoms with Gasteiger partial charge in [-0.2, -0.15) is 0 Å². The second kappa shape index (κ2) is 6.39. The van der Waals surface area contributed by atoms with Crippen molar-refractivity contribution in [3.63, 3.8) is 0 Å². The lowest BCUT2D eigenvalue weighted by atomic mass is 10.1. The van der Waals surface area contributed by atoms with Crippen molar-refractivity contribution in [2.75, 3.05) is 13.1 Å². The summed E-state index contributed by atoms with van der Waals surface area (Å²) in [5, 5.41) is 2.95. The third-order valence-electron chi connectivity index (χ3n) is 3.41. The van der Waals surface area contributed by atoms with Gasteiger partial charge in [-0.3, -0.25) is 9.59 Å². The summed E-state index contributed by atoms with van der Waals surface area (Å²) in [5.74, 6) is 0.0718. The highest BCUT2D eigenvalue weighted by atomic mass is 79.9. The van der Waals surface area contributed by atoms with E-state index in [0.29, 0.717) is 18.5 Å². The fraction of sp³-hybridized carbons (Fsp3) is 0.467. The van der Waals surface area contributed by atoms with Gasteiger partial charge in [0.2, 0.25) is 5.91 Å². The fourth-order valence-electron chi connectivity index (χ4n) is 2.39. The zero-order valence-corrected chi connectivity index (χ0v) is 13.4. The van der Waals surface area contributed by atoms with Crippen LogP contribution in [0, 0.1) is 6.92 Å². The minimum Gasteiger partial charge on any atom is -0.348 e. The number of amides is 2. The van der Waals surface area contributed by atoms with Gasteiger partial charge in [0, 0.05) is 30.0 Å². The molecule has 1 atom stereocenters. The SMILES string of the molecule is Cc1ccc(Br)c(C(=O)NC(C)CN2CCCC2=O)c1. The van der Waals surface area contributed by atoms with E-state index in [9.17, 15) is 9.59 Å². The van der Waals surface area contributed by atoms with E-state index in [4.69, 9.17) is 0 Å². The number of nitrogens with one attached hydrogen (secondary N) is 1. The van der Waals surface area contributed by atoms with Crippen LogP contribution >= 0.6 is 15.9 Å². The molecule has 1 N–H and O–H groups in total. The molecule has 1 fully saturated rings. The van der Waals surface area contributed by atoms with E-state index in [2.05, 4.69) is 21.2 Å². The summed E-state index contributed by atoms with van der Waals surface area (Å²) >= 11 is 3.39. The topological polar surface area (TPSA) is 49.4 Å². The average molecular weight is 339 g/mol. The van der Waals surface area contributed by atoms with Gasteiger partial charge in [-0.15, -0.1) is 0 Å². The molecule has 20 heavy (non-hydrogen) atoms. The quantitative estimate of drug-likeness (QED) is 0.916. The molecule has 0 radical (unpaired) electrons. The predicted molar refractivity (Wildman–Crippen MR) is 81.6 cm³/mol. The minimum atomic E-state index is -0.111. The van der Waals surface area contributed by atoms with Crippen LogP contribution in [0.3, 0.4) is 0 Å². The largest absolute Gasteiger partial charge is 0.348 e. The number of nitrogens with zero attached hydrogens (tertiary/aromatic N) is 1. The van der Waals surface area contributed by atoms with Crippen LogP contribution < -0.4 is 5.32 Å². The van der Waals surface area contributed by atoms with Gasteiger partial charge in [0.25, 0.3) is 5.91 Å². The monoisotopic (exact) mass is 338 g/mol. The van der Waals surface area contributed by atoms with Gasteiger partial charge in [-0.1, -0.05) is 11.6 Å². The van der Waals surface area contributed by atoms with Crippen molar-refractivity contribution < 1.29 is 9.59 Å². The highest BCUT2D eigenvalue weighted by molar-refractivity contribution is 9.10. The smallest absolute Gasteiger partial charge is 0.252 e. The van der Waals surface area contributed by atoms with Gasteiger partial charge in [0.05, 0.1) is 5.56 Å². The molecule has 1 unspecified atom stereocenters. The van der Waals surface area contributed by atoms with Gasteiger partial charge in [-0.25, -0.2) is 0 Å². The molecule has 0 saturated carbocycles. The number of likely N-dealkylation sites (tertiary alicyclic amines) is 1. The molecule has 1 saturated heterocycles. The normalized spacial score (nSPS) is 16.4. The van der Waals surface area contributed by atoms with Crippen molar-refractivity contribution in [2.24, 2.45) is 0 Å². The Bertz CT molecular complexity index is 531. The lowest BCUT2D eigenvalue weighted by Crippen LogP contribution is -2.42. The molecule has 0 bridgehead atoms. The Hall–Kier alpha value is -1.36. The van der Waals surface area contributed by atoms with E-state index in [1.54, 1.807) is 0 Å². The van der Waals surface area contributed by atoms with Crippen molar-refractivity contribution in [3.8, 4) is 0 Å². The van der Waals surface area contributed by atoms with Crippen molar-refractivity contribution in [1.29, 1.82) is 0 Å². The molecule has 1 aliphatic rings. The highest BCUT2D eigenvalue weighted by Crippen LogP contribution is 2.18. The first kappa shape index (κ1) is 15.0. The number of carbonyl (C=O) groups is 2. The minimum absolute atomic E-state index is 0.0584. The molecule has 1 heterocycles. The summed E-state index contributed by atoms with van der Waals surface area (Å²) in [6.07, 6.45) is 1.55. The first-order chi connectivity index (χ1) is 9.47. The van der Waals surface area contributed by atoms with Gasteiger partial charge < -0.3 is 10.2 Å². The van der Waals surface area contributed by atoms with Gasteiger partial charge in [-0.05, 0) is 48.3 Å². The van der Waals surface area contributed by atoms with E-state index in [-0.39, 0.29) is 17.9 Å². The maximum atomic E-state index is 12.2. The molecule has 4 nitrogen and oxygen atoms in total. The lowest BCUT2D eigenvalue weighted by molar-refractivity contribution is -0.127. The molecule has 0 spiro atoms. The maximum Gasteiger partial charge on any atom is 0.252 e. The third-order valence-corrected chi connectivity index (χ3v) is 4.10. The third kappa shape index (κ3) is 3.60. The molecule has 108 valence electrons. The predicted octanol–water partition coefficient (Wildman–Crippen LogP) is 2.50. The van der Waals surface area contributed by atoms with Gasteiger partial charge in [0.1, 0.15) is 0 Å². The average Bonchev–Trinajstić information content (AvgIpc) is 2.77. The Morgan fingerprint density at radius 3 is 2.90 bits per heavy atom. The molecule has 1 aromatic rings. The van der Waals surface area contributed by atoms with Gasteiger partial charge >= 0.3 is 0 Å². The van der Waals surface area contributed by atoms with E-state index >= 15 is 0 Å². The highest BCUT2D eigenvalue weighted by Gasteiger charge is 2.22. The molecule has 5 heteroatoms. The Kier molecular flexibility index (Phi) is 4.81.